The molecule has 0 saturated carbocycles. The summed E-state index contributed by atoms with van der Waals surface area (Å²) in [5, 5.41) is 3.93. The van der Waals surface area contributed by atoms with Gasteiger partial charge in [0.1, 0.15) is 7.05 Å². The SMILES string of the molecule is C[n+]1c(C(C)(C)C)ccc2ccc3ccccc3c21. The normalized spacial score (nSPS) is 12.2. The van der Waals surface area contributed by atoms with Crippen molar-refractivity contribution in [3.05, 3.63) is 54.2 Å². The Labute approximate surface area is 114 Å². The number of aryl methyl sites for hydroxylation is 1. The summed E-state index contributed by atoms with van der Waals surface area (Å²) < 4.78 is 2.34. The molecule has 0 radical (unpaired) electrons. The van der Waals surface area contributed by atoms with Gasteiger partial charge in [-0.05, 0) is 23.6 Å². The predicted molar refractivity (Wildman–Crippen MR) is 81.3 cm³/mol. The third-order valence-electron chi connectivity index (χ3n) is 3.82. The van der Waals surface area contributed by atoms with Gasteiger partial charge in [0, 0.05) is 16.9 Å². The summed E-state index contributed by atoms with van der Waals surface area (Å²) >= 11 is 0. The number of hydrogen-bond donors (Lipinski definition) is 0. The second-order valence-electron chi connectivity index (χ2n) is 6.25. The van der Waals surface area contributed by atoms with Crippen molar-refractivity contribution in [2.45, 2.75) is 26.2 Å². The average molecular weight is 250 g/mol. The summed E-state index contributed by atoms with van der Waals surface area (Å²) in [6, 6.07) is 17.5. The van der Waals surface area contributed by atoms with Gasteiger partial charge >= 0.3 is 0 Å². The molecule has 0 aliphatic rings. The van der Waals surface area contributed by atoms with Crippen LogP contribution in [0.15, 0.2) is 48.5 Å². The van der Waals surface area contributed by atoms with Gasteiger partial charge in [-0.3, -0.25) is 0 Å². The minimum atomic E-state index is 0.153. The van der Waals surface area contributed by atoms with Gasteiger partial charge in [-0.2, -0.15) is 4.57 Å². The highest BCUT2D eigenvalue weighted by atomic mass is 14.9. The Bertz CT molecular complexity index is 764. The van der Waals surface area contributed by atoms with Crippen LogP contribution >= 0.6 is 0 Å². The molecular weight excluding hydrogens is 230 g/mol. The zero-order chi connectivity index (χ0) is 13.6. The highest BCUT2D eigenvalue weighted by Crippen LogP contribution is 2.26. The van der Waals surface area contributed by atoms with Crippen LogP contribution in [0.1, 0.15) is 26.5 Å². The number of nitrogens with zero attached hydrogens (tertiary/aromatic N) is 1. The molecule has 0 fully saturated rings. The molecule has 0 amide bonds. The fourth-order valence-electron chi connectivity index (χ4n) is 2.93. The Hall–Kier alpha value is -1.89. The van der Waals surface area contributed by atoms with E-state index in [0.29, 0.717) is 0 Å². The molecule has 0 unspecified atom stereocenters. The Balaban J connectivity index is 2.50. The van der Waals surface area contributed by atoms with Gasteiger partial charge in [0.15, 0.2) is 5.69 Å². The molecule has 0 aliphatic carbocycles. The molecule has 3 rings (SSSR count). The molecule has 0 atom stereocenters. The molecule has 19 heavy (non-hydrogen) atoms. The lowest BCUT2D eigenvalue weighted by atomic mass is 9.90. The van der Waals surface area contributed by atoms with Crippen molar-refractivity contribution in [1.29, 1.82) is 0 Å². The Morgan fingerprint density at radius 3 is 2.16 bits per heavy atom. The average Bonchev–Trinajstić information content (AvgIpc) is 2.37. The van der Waals surface area contributed by atoms with Crippen molar-refractivity contribution in [2.24, 2.45) is 7.05 Å². The van der Waals surface area contributed by atoms with Crippen LogP contribution in [0.3, 0.4) is 0 Å². The highest BCUT2D eigenvalue weighted by molar-refractivity contribution is 6.03. The number of pyridine rings is 1. The molecule has 1 heterocycles. The van der Waals surface area contributed by atoms with Crippen molar-refractivity contribution >= 4 is 21.7 Å². The highest BCUT2D eigenvalue weighted by Gasteiger charge is 2.25. The zero-order valence-corrected chi connectivity index (χ0v) is 12.1. The molecule has 3 aromatic rings. The van der Waals surface area contributed by atoms with Crippen LogP contribution < -0.4 is 4.57 Å². The summed E-state index contributed by atoms with van der Waals surface area (Å²) in [6.07, 6.45) is 0. The van der Waals surface area contributed by atoms with E-state index < -0.39 is 0 Å². The van der Waals surface area contributed by atoms with E-state index in [9.17, 15) is 0 Å². The largest absolute Gasteiger partial charge is 0.220 e. The van der Waals surface area contributed by atoms with Gasteiger partial charge in [0.05, 0.1) is 5.39 Å². The van der Waals surface area contributed by atoms with Crippen molar-refractivity contribution in [3.63, 3.8) is 0 Å². The topological polar surface area (TPSA) is 3.88 Å². The number of hydrogen-bond acceptors (Lipinski definition) is 0. The lowest BCUT2D eigenvalue weighted by Gasteiger charge is -2.16. The van der Waals surface area contributed by atoms with Gasteiger partial charge in [0.25, 0.3) is 0 Å². The minimum Gasteiger partial charge on any atom is -0.197 e. The summed E-state index contributed by atoms with van der Waals surface area (Å²) in [5.41, 5.74) is 2.83. The summed E-state index contributed by atoms with van der Waals surface area (Å²) in [6.45, 7) is 6.79. The van der Waals surface area contributed by atoms with E-state index in [-0.39, 0.29) is 5.41 Å². The molecule has 0 saturated heterocycles. The summed E-state index contributed by atoms with van der Waals surface area (Å²) in [7, 11) is 2.18. The van der Waals surface area contributed by atoms with Crippen LogP contribution in [0, 0.1) is 0 Å². The second-order valence-corrected chi connectivity index (χ2v) is 6.25. The standard InChI is InChI=1S/C18H20N/c1-18(2,3)16-12-11-14-10-9-13-7-5-6-8-15(13)17(14)19(16)4/h5-12H,1-4H3/q+1. The monoisotopic (exact) mass is 250 g/mol. The van der Waals surface area contributed by atoms with Crippen LogP contribution in [0.5, 0.6) is 0 Å². The minimum absolute atomic E-state index is 0.153. The summed E-state index contributed by atoms with van der Waals surface area (Å²) in [5.74, 6) is 0. The van der Waals surface area contributed by atoms with Crippen molar-refractivity contribution in [2.75, 3.05) is 0 Å². The van der Waals surface area contributed by atoms with E-state index in [1.807, 2.05) is 0 Å². The van der Waals surface area contributed by atoms with E-state index in [1.165, 1.54) is 27.4 Å². The molecule has 0 bridgehead atoms. The maximum absolute atomic E-state index is 2.34. The first-order valence-electron chi connectivity index (χ1n) is 6.79. The molecule has 0 spiro atoms. The van der Waals surface area contributed by atoms with Crippen molar-refractivity contribution in [1.82, 2.24) is 0 Å². The van der Waals surface area contributed by atoms with Gasteiger partial charge in [0.2, 0.25) is 5.52 Å². The molecule has 1 nitrogen and oxygen atoms in total. The molecular formula is C18H20N+. The van der Waals surface area contributed by atoms with Crippen LogP contribution in [0.2, 0.25) is 0 Å². The van der Waals surface area contributed by atoms with Gasteiger partial charge in [-0.1, -0.05) is 45.0 Å². The molecule has 1 heteroatoms. The van der Waals surface area contributed by atoms with Crippen LogP contribution in [-0.2, 0) is 12.5 Å². The first-order valence-corrected chi connectivity index (χ1v) is 6.79. The molecule has 2 aromatic carbocycles. The van der Waals surface area contributed by atoms with E-state index in [4.69, 9.17) is 0 Å². The van der Waals surface area contributed by atoms with E-state index >= 15 is 0 Å². The van der Waals surface area contributed by atoms with Gasteiger partial charge in [-0.15, -0.1) is 0 Å². The second kappa shape index (κ2) is 4.06. The van der Waals surface area contributed by atoms with Gasteiger partial charge < -0.3 is 0 Å². The zero-order valence-electron chi connectivity index (χ0n) is 12.1. The number of aromatic nitrogens is 1. The van der Waals surface area contributed by atoms with Crippen LogP contribution in [0.25, 0.3) is 21.7 Å². The third-order valence-corrected chi connectivity index (χ3v) is 3.82. The van der Waals surface area contributed by atoms with Crippen molar-refractivity contribution < 1.29 is 4.57 Å². The molecule has 1 aromatic heterocycles. The van der Waals surface area contributed by atoms with E-state index in [1.54, 1.807) is 0 Å². The number of benzene rings is 2. The first-order chi connectivity index (χ1) is 8.98. The molecule has 0 N–H and O–H groups in total. The molecule has 96 valence electrons. The Morgan fingerprint density at radius 2 is 1.42 bits per heavy atom. The smallest absolute Gasteiger partial charge is 0.197 e. The number of fused-ring (bicyclic) bond motifs is 3. The molecule has 0 aliphatic heterocycles. The van der Waals surface area contributed by atoms with Gasteiger partial charge in [-0.25, -0.2) is 0 Å². The maximum atomic E-state index is 2.34. The van der Waals surface area contributed by atoms with Crippen LogP contribution in [-0.4, -0.2) is 0 Å². The Morgan fingerprint density at radius 1 is 0.789 bits per heavy atom. The quantitative estimate of drug-likeness (QED) is 0.417. The van der Waals surface area contributed by atoms with E-state index in [0.717, 1.165) is 0 Å². The first kappa shape index (κ1) is 12.2. The van der Waals surface area contributed by atoms with Crippen LogP contribution in [0.4, 0.5) is 0 Å². The Kier molecular flexibility index (Phi) is 2.60. The number of rotatable bonds is 0. The predicted octanol–water partition coefficient (Wildman–Crippen LogP) is 4.12. The third kappa shape index (κ3) is 1.90. The lowest BCUT2D eigenvalue weighted by molar-refractivity contribution is -0.655. The van der Waals surface area contributed by atoms with Crippen molar-refractivity contribution in [3.8, 4) is 0 Å². The fraction of sp³-hybridized carbons (Fsp3) is 0.278. The van der Waals surface area contributed by atoms with E-state index in [2.05, 4.69) is 80.9 Å². The summed E-state index contributed by atoms with van der Waals surface area (Å²) in [4.78, 5) is 0. The maximum Gasteiger partial charge on any atom is 0.220 e. The lowest BCUT2D eigenvalue weighted by Crippen LogP contribution is -2.40. The fourth-order valence-corrected chi connectivity index (χ4v) is 2.93.